The Labute approximate surface area is 105 Å². The van der Waals surface area contributed by atoms with Crippen LogP contribution in [-0.4, -0.2) is 12.8 Å². The monoisotopic (exact) mass is 266 g/mol. The first-order chi connectivity index (χ1) is 8.44. The van der Waals surface area contributed by atoms with Gasteiger partial charge in [-0.2, -0.15) is 13.2 Å². The number of ether oxygens (including phenoxy) is 1. The second-order valence-corrected chi connectivity index (χ2v) is 3.37. The quantitative estimate of drug-likeness (QED) is 0.715. The second kappa shape index (κ2) is 7.95. The average Bonchev–Trinajstić information content (AvgIpc) is 2.32. The predicted molar refractivity (Wildman–Crippen MR) is 63.3 cm³/mol. The van der Waals surface area contributed by atoms with E-state index in [4.69, 9.17) is 0 Å². The van der Waals surface area contributed by atoms with Gasteiger partial charge < -0.3 is 4.74 Å². The van der Waals surface area contributed by atoms with E-state index in [1.807, 2.05) is 20.8 Å². The Balaban J connectivity index is 0.00000137. The molecule has 0 unspecified atom stereocenters. The van der Waals surface area contributed by atoms with Crippen LogP contribution in [0.2, 0.25) is 0 Å². The lowest BCUT2D eigenvalue weighted by atomic mass is 10.1. The van der Waals surface area contributed by atoms with Crippen molar-refractivity contribution in [1.82, 2.24) is 0 Å². The fourth-order valence-corrected chi connectivity index (χ4v) is 1.33. The van der Waals surface area contributed by atoms with Gasteiger partial charge in [0.2, 0.25) is 0 Å². The van der Waals surface area contributed by atoms with Crippen molar-refractivity contribution in [2.24, 2.45) is 0 Å². The molecule has 0 aliphatic heterocycles. The van der Waals surface area contributed by atoms with Crippen molar-refractivity contribution in [3.8, 4) is 5.75 Å². The van der Waals surface area contributed by atoms with Gasteiger partial charge in [0.15, 0.2) is 6.61 Å². The molecule has 18 heavy (non-hydrogen) atoms. The number of rotatable bonds is 4. The van der Waals surface area contributed by atoms with Crippen LogP contribution < -0.4 is 4.74 Å². The Morgan fingerprint density at radius 3 is 2.28 bits per heavy atom. The number of benzene rings is 1. The highest BCUT2D eigenvalue weighted by Crippen LogP contribution is 2.25. The fraction of sp³-hybridized carbons (Fsp3) is 0.538. The lowest BCUT2D eigenvalue weighted by Gasteiger charge is -2.13. The van der Waals surface area contributed by atoms with Crippen LogP contribution in [0.4, 0.5) is 17.6 Å². The average molecular weight is 266 g/mol. The summed E-state index contributed by atoms with van der Waals surface area (Å²) in [6.07, 6.45) is -3.40. The van der Waals surface area contributed by atoms with Crippen LogP contribution in [0.15, 0.2) is 18.2 Å². The number of alkyl halides is 3. The maximum atomic E-state index is 13.3. The van der Waals surface area contributed by atoms with Crippen molar-refractivity contribution in [3.05, 3.63) is 29.6 Å². The molecule has 0 radical (unpaired) electrons. The van der Waals surface area contributed by atoms with Crippen molar-refractivity contribution in [2.75, 3.05) is 6.61 Å². The molecule has 1 aromatic rings. The number of halogens is 4. The van der Waals surface area contributed by atoms with Crippen molar-refractivity contribution < 1.29 is 22.3 Å². The van der Waals surface area contributed by atoms with E-state index in [0.717, 1.165) is 0 Å². The van der Waals surface area contributed by atoms with Crippen molar-refractivity contribution in [1.29, 1.82) is 0 Å². The molecule has 0 atom stereocenters. The van der Waals surface area contributed by atoms with Crippen LogP contribution in [0.3, 0.4) is 0 Å². The van der Waals surface area contributed by atoms with Crippen LogP contribution >= 0.6 is 0 Å². The first kappa shape index (κ1) is 16.7. The van der Waals surface area contributed by atoms with Gasteiger partial charge in [-0.25, -0.2) is 4.39 Å². The molecule has 5 heteroatoms. The van der Waals surface area contributed by atoms with Crippen LogP contribution in [0.1, 0.15) is 32.8 Å². The van der Waals surface area contributed by atoms with Crippen molar-refractivity contribution in [2.45, 2.75) is 39.8 Å². The Hall–Kier alpha value is -1.26. The van der Waals surface area contributed by atoms with E-state index in [1.54, 1.807) is 0 Å². The minimum Gasteiger partial charge on any atom is -0.484 e. The summed E-state index contributed by atoms with van der Waals surface area (Å²) in [7, 11) is 0. The molecule has 0 aliphatic rings. The molecule has 0 spiro atoms. The Morgan fingerprint density at radius 2 is 1.78 bits per heavy atom. The molecule has 1 nitrogen and oxygen atoms in total. The summed E-state index contributed by atoms with van der Waals surface area (Å²) in [5, 5.41) is 0. The molecule has 1 rings (SSSR count). The second-order valence-electron chi connectivity index (χ2n) is 3.37. The standard InChI is InChI=1S/C11H12F4O.C2H6/c1-2-4-8-9(12)5-3-6-10(8)16-7-11(13,14)15;1-2/h3,5-6H,2,4,7H2,1H3;1-2H3. The normalized spacial score (nSPS) is 10.6. The van der Waals surface area contributed by atoms with E-state index >= 15 is 0 Å². The summed E-state index contributed by atoms with van der Waals surface area (Å²) in [5.41, 5.74) is 0.203. The SMILES string of the molecule is CC.CCCc1c(F)cccc1OCC(F)(F)F. The van der Waals surface area contributed by atoms with Gasteiger partial charge in [0.05, 0.1) is 0 Å². The van der Waals surface area contributed by atoms with Gasteiger partial charge in [0, 0.05) is 5.56 Å². The molecule has 0 aromatic heterocycles. The summed E-state index contributed by atoms with van der Waals surface area (Å²) < 4.78 is 53.7. The summed E-state index contributed by atoms with van der Waals surface area (Å²) in [6.45, 7) is 4.42. The topological polar surface area (TPSA) is 9.23 Å². The molecule has 0 N–H and O–H groups in total. The first-order valence-corrected chi connectivity index (χ1v) is 5.91. The molecule has 0 saturated heterocycles. The highest BCUT2D eigenvalue weighted by molar-refractivity contribution is 5.34. The van der Waals surface area contributed by atoms with Crippen LogP contribution in [0.5, 0.6) is 5.75 Å². The van der Waals surface area contributed by atoms with Gasteiger partial charge in [0.25, 0.3) is 0 Å². The maximum Gasteiger partial charge on any atom is 0.422 e. The van der Waals surface area contributed by atoms with Crippen LogP contribution in [0.25, 0.3) is 0 Å². The molecule has 0 saturated carbocycles. The van der Waals surface area contributed by atoms with E-state index in [1.165, 1.54) is 18.2 Å². The highest BCUT2D eigenvalue weighted by Gasteiger charge is 2.28. The van der Waals surface area contributed by atoms with E-state index < -0.39 is 18.6 Å². The maximum absolute atomic E-state index is 13.3. The predicted octanol–water partition coefficient (Wildman–Crippen LogP) is 4.75. The van der Waals surface area contributed by atoms with E-state index in [0.29, 0.717) is 12.8 Å². The van der Waals surface area contributed by atoms with E-state index in [2.05, 4.69) is 4.74 Å². The molecule has 0 bridgehead atoms. The third-order valence-corrected chi connectivity index (χ3v) is 1.97. The molecule has 104 valence electrons. The van der Waals surface area contributed by atoms with Gasteiger partial charge in [-0.15, -0.1) is 0 Å². The molecule has 0 aliphatic carbocycles. The zero-order valence-corrected chi connectivity index (χ0v) is 10.8. The molecule has 0 amide bonds. The zero-order valence-electron chi connectivity index (χ0n) is 10.8. The molecule has 1 aromatic carbocycles. The minimum absolute atomic E-state index is 0.0285. The Bertz CT molecular complexity index is 347. The smallest absolute Gasteiger partial charge is 0.422 e. The summed E-state index contributed by atoms with van der Waals surface area (Å²) in [6, 6.07) is 3.89. The number of hydrogen-bond acceptors (Lipinski definition) is 1. The molecular formula is C13H18F4O. The van der Waals surface area contributed by atoms with Gasteiger partial charge >= 0.3 is 6.18 Å². The minimum atomic E-state index is -4.41. The lowest BCUT2D eigenvalue weighted by molar-refractivity contribution is -0.153. The zero-order chi connectivity index (χ0) is 14.2. The van der Waals surface area contributed by atoms with Gasteiger partial charge in [0.1, 0.15) is 11.6 Å². The van der Waals surface area contributed by atoms with E-state index in [9.17, 15) is 17.6 Å². The Morgan fingerprint density at radius 1 is 1.17 bits per heavy atom. The lowest BCUT2D eigenvalue weighted by Crippen LogP contribution is -2.19. The molecule has 0 heterocycles. The van der Waals surface area contributed by atoms with Gasteiger partial charge in [-0.3, -0.25) is 0 Å². The highest BCUT2D eigenvalue weighted by atomic mass is 19.4. The summed E-state index contributed by atoms with van der Waals surface area (Å²) >= 11 is 0. The van der Waals surface area contributed by atoms with Crippen LogP contribution in [0, 0.1) is 5.82 Å². The Kier molecular flexibility index (Phi) is 7.39. The van der Waals surface area contributed by atoms with E-state index in [-0.39, 0.29) is 11.3 Å². The fourth-order valence-electron chi connectivity index (χ4n) is 1.33. The molecular weight excluding hydrogens is 248 g/mol. The summed E-state index contributed by atoms with van der Waals surface area (Å²) in [4.78, 5) is 0. The van der Waals surface area contributed by atoms with Gasteiger partial charge in [-0.1, -0.05) is 33.3 Å². The molecule has 0 fully saturated rings. The van der Waals surface area contributed by atoms with Crippen LogP contribution in [-0.2, 0) is 6.42 Å². The third-order valence-electron chi connectivity index (χ3n) is 1.97. The van der Waals surface area contributed by atoms with Gasteiger partial charge in [-0.05, 0) is 18.6 Å². The largest absolute Gasteiger partial charge is 0.484 e. The van der Waals surface area contributed by atoms with Crippen molar-refractivity contribution in [3.63, 3.8) is 0 Å². The third kappa shape index (κ3) is 5.89. The number of hydrogen-bond donors (Lipinski definition) is 0. The first-order valence-electron chi connectivity index (χ1n) is 5.91. The summed E-state index contributed by atoms with van der Waals surface area (Å²) in [5.74, 6) is -0.555. The van der Waals surface area contributed by atoms with Crippen molar-refractivity contribution >= 4 is 0 Å².